The van der Waals surface area contributed by atoms with Gasteiger partial charge in [-0.05, 0) is 30.7 Å². The minimum Gasteiger partial charge on any atom is -0.340 e. The highest BCUT2D eigenvalue weighted by Gasteiger charge is 2.06. The zero-order chi connectivity index (χ0) is 13.7. The fraction of sp³-hybridized carbons (Fsp3) is 0.333. The van der Waals surface area contributed by atoms with Crippen LogP contribution in [0, 0.1) is 0 Å². The van der Waals surface area contributed by atoms with Gasteiger partial charge in [-0.25, -0.2) is 9.97 Å². The average Bonchev–Trinajstić information content (AvgIpc) is 2.40. The highest BCUT2D eigenvalue weighted by Crippen LogP contribution is 2.25. The number of anilines is 2. The molecule has 2 N–H and O–H groups in total. The fourth-order valence-electron chi connectivity index (χ4n) is 1.96. The molecular weight excluding hydrogens is 236 g/mol. The second kappa shape index (κ2) is 6.29. The van der Waals surface area contributed by atoms with E-state index >= 15 is 0 Å². The SMILES string of the molecule is CNCc1nccc(Nc2ccccc2C(C)C)n1. The molecule has 19 heavy (non-hydrogen) atoms. The first-order valence-corrected chi connectivity index (χ1v) is 6.53. The van der Waals surface area contributed by atoms with E-state index in [9.17, 15) is 0 Å². The number of hydrogen-bond acceptors (Lipinski definition) is 4. The van der Waals surface area contributed by atoms with Gasteiger partial charge in [0.2, 0.25) is 0 Å². The highest BCUT2D eigenvalue weighted by atomic mass is 15.0. The van der Waals surface area contributed by atoms with Crippen molar-refractivity contribution in [2.24, 2.45) is 0 Å². The largest absolute Gasteiger partial charge is 0.340 e. The van der Waals surface area contributed by atoms with E-state index in [1.54, 1.807) is 6.20 Å². The van der Waals surface area contributed by atoms with E-state index in [4.69, 9.17) is 0 Å². The fourth-order valence-corrected chi connectivity index (χ4v) is 1.96. The number of rotatable bonds is 5. The van der Waals surface area contributed by atoms with Gasteiger partial charge in [0, 0.05) is 11.9 Å². The average molecular weight is 256 g/mol. The quantitative estimate of drug-likeness (QED) is 0.863. The van der Waals surface area contributed by atoms with Crippen LogP contribution in [0.2, 0.25) is 0 Å². The maximum absolute atomic E-state index is 4.47. The molecule has 0 spiro atoms. The lowest BCUT2D eigenvalue weighted by Crippen LogP contribution is -2.10. The molecule has 4 heteroatoms. The first kappa shape index (κ1) is 13.5. The molecule has 0 saturated carbocycles. The number of hydrogen-bond donors (Lipinski definition) is 2. The van der Waals surface area contributed by atoms with Crippen LogP contribution in [0.25, 0.3) is 0 Å². The zero-order valence-electron chi connectivity index (χ0n) is 11.6. The van der Waals surface area contributed by atoms with Crippen molar-refractivity contribution in [1.82, 2.24) is 15.3 Å². The third-order valence-electron chi connectivity index (χ3n) is 2.89. The van der Waals surface area contributed by atoms with Crippen molar-refractivity contribution in [1.29, 1.82) is 0 Å². The van der Waals surface area contributed by atoms with Crippen LogP contribution in [0.15, 0.2) is 36.5 Å². The lowest BCUT2D eigenvalue weighted by atomic mass is 10.0. The topological polar surface area (TPSA) is 49.8 Å². The van der Waals surface area contributed by atoms with Gasteiger partial charge in [0.25, 0.3) is 0 Å². The summed E-state index contributed by atoms with van der Waals surface area (Å²) in [5.74, 6) is 2.09. The Morgan fingerprint density at radius 3 is 2.68 bits per heavy atom. The molecule has 0 aliphatic heterocycles. The minimum atomic E-state index is 0.474. The molecule has 2 rings (SSSR count). The molecule has 0 radical (unpaired) electrons. The summed E-state index contributed by atoms with van der Waals surface area (Å²) < 4.78 is 0. The molecule has 2 aromatic rings. The third kappa shape index (κ3) is 3.51. The molecule has 0 aliphatic rings. The van der Waals surface area contributed by atoms with Crippen molar-refractivity contribution in [3.05, 3.63) is 47.9 Å². The van der Waals surface area contributed by atoms with E-state index in [0.717, 1.165) is 17.3 Å². The molecule has 0 saturated heterocycles. The molecule has 1 aromatic carbocycles. The number of nitrogens with zero attached hydrogens (tertiary/aromatic N) is 2. The number of aromatic nitrogens is 2. The first-order valence-electron chi connectivity index (χ1n) is 6.53. The summed E-state index contributed by atoms with van der Waals surface area (Å²) in [4.78, 5) is 8.69. The van der Waals surface area contributed by atoms with Crippen molar-refractivity contribution < 1.29 is 0 Å². The summed E-state index contributed by atoms with van der Waals surface area (Å²) in [6, 6.07) is 10.2. The van der Waals surface area contributed by atoms with Crippen LogP contribution in [0.4, 0.5) is 11.5 Å². The third-order valence-corrected chi connectivity index (χ3v) is 2.89. The molecule has 0 unspecified atom stereocenters. The highest BCUT2D eigenvalue weighted by molar-refractivity contribution is 5.61. The van der Waals surface area contributed by atoms with E-state index in [1.165, 1.54) is 5.56 Å². The number of para-hydroxylation sites is 1. The molecule has 4 nitrogen and oxygen atoms in total. The number of benzene rings is 1. The van der Waals surface area contributed by atoms with Crippen LogP contribution in [0.1, 0.15) is 31.2 Å². The monoisotopic (exact) mass is 256 g/mol. The van der Waals surface area contributed by atoms with Gasteiger partial charge in [0.15, 0.2) is 0 Å². The Balaban J connectivity index is 2.23. The lowest BCUT2D eigenvalue weighted by molar-refractivity contribution is 0.759. The van der Waals surface area contributed by atoms with Gasteiger partial charge in [-0.15, -0.1) is 0 Å². The molecule has 1 aromatic heterocycles. The van der Waals surface area contributed by atoms with Crippen LogP contribution >= 0.6 is 0 Å². The summed E-state index contributed by atoms with van der Waals surface area (Å²) in [6.45, 7) is 5.04. The van der Waals surface area contributed by atoms with E-state index in [1.807, 2.05) is 19.2 Å². The summed E-state index contributed by atoms with van der Waals surface area (Å²) in [6.07, 6.45) is 1.78. The van der Waals surface area contributed by atoms with Crippen molar-refractivity contribution in [3.63, 3.8) is 0 Å². The van der Waals surface area contributed by atoms with Crippen LogP contribution in [0.5, 0.6) is 0 Å². The van der Waals surface area contributed by atoms with E-state index in [-0.39, 0.29) is 0 Å². The maximum atomic E-state index is 4.47. The normalized spacial score (nSPS) is 10.7. The summed E-state index contributed by atoms with van der Waals surface area (Å²) >= 11 is 0. The Labute approximate surface area is 114 Å². The van der Waals surface area contributed by atoms with Gasteiger partial charge in [-0.2, -0.15) is 0 Å². The van der Waals surface area contributed by atoms with Gasteiger partial charge >= 0.3 is 0 Å². The summed E-state index contributed by atoms with van der Waals surface area (Å²) in [5.41, 5.74) is 2.39. The zero-order valence-corrected chi connectivity index (χ0v) is 11.6. The minimum absolute atomic E-state index is 0.474. The van der Waals surface area contributed by atoms with Crippen molar-refractivity contribution >= 4 is 11.5 Å². The van der Waals surface area contributed by atoms with Gasteiger partial charge in [0.05, 0.1) is 6.54 Å². The van der Waals surface area contributed by atoms with E-state index < -0.39 is 0 Å². The molecule has 100 valence electrons. The van der Waals surface area contributed by atoms with E-state index in [0.29, 0.717) is 12.5 Å². The standard InChI is InChI=1S/C15H20N4/c1-11(2)12-6-4-5-7-13(12)18-14-8-9-17-15(19-14)10-16-3/h4-9,11,16H,10H2,1-3H3,(H,17,18,19). The van der Waals surface area contributed by atoms with Gasteiger partial charge < -0.3 is 10.6 Å². The smallest absolute Gasteiger partial charge is 0.144 e. The van der Waals surface area contributed by atoms with Gasteiger partial charge in [0.1, 0.15) is 11.6 Å². The molecule has 0 fully saturated rings. The molecule has 1 heterocycles. The summed E-state index contributed by atoms with van der Waals surface area (Å²) in [7, 11) is 1.89. The van der Waals surface area contributed by atoms with Crippen LogP contribution in [0.3, 0.4) is 0 Å². The second-order valence-corrected chi connectivity index (χ2v) is 4.76. The lowest BCUT2D eigenvalue weighted by Gasteiger charge is -2.14. The van der Waals surface area contributed by atoms with E-state index in [2.05, 4.69) is 52.6 Å². The molecule has 0 amide bonds. The Morgan fingerprint density at radius 1 is 1.16 bits per heavy atom. The predicted octanol–water partition coefficient (Wildman–Crippen LogP) is 3.06. The Bertz CT molecular complexity index is 537. The van der Waals surface area contributed by atoms with Crippen molar-refractivity contribution in [3.8, 4) is 0 Å². The van der Waals surface area contributed by atoms with Gasteiger partial charge in [-0.3, -0.25) is 0 Å². The predicted molar refractivity (Wildman–Crippen MR) is 78.6 cm³/mol. The maximum Gasteiger partial charge on any atom is 0.144 e. The number of nitrogens with one attached hydrogen (secondary N) is 2. The van der Waals surface area contributed by atoms with Crippen LogP contribution < -0.4 is 10.6 Å². The molecule has 0 aliphatic carbocycles. The first-order chi connectivity index (χ1) is 9.20. The van der Waals surface area contributed by atoms with Gasteiger partial charge in [-0.1, -0.05) is 32.0 Å². The Hall–Kier alpha value is -1.94. The Morgan fingerprint density at radius 2 is 1.95 bits per heavy atom. The second-order valence-electron chi connectivity index (χ2n) is 4.76. The molecule has 0 atom stereocenters. The summed E-state index contributed by atoms with van der Waals surface area (Å²) in [5, 5.41) is 6.43. The Kier molecular flexibility index (Phi) is 4.47. The van der Waals surface area contributed by atoms with Crippen LogP contribution in [-0.2, 0) is 6.54 Å². The van der Waals surface area contributed by atoms with Crippen molar-refractivity contribution in [2.45, 2.75) is 26.3 Å². The molecule has 0 bridgehead atoms. The van der Waals surface area contributed by atoms with Crippen molar-refractivity contribution in [2.75, 3.05) is 12.4 Å². The van der Waals surface area contributed by atoms with Crippen LogP contribution in [-0.4, -0.2) is 17.0 Å². The molecular formula is C15H20N4.